The van der Waals surface area contributed by atoms with Crippen molar-refractivity contribution in [2.45, 2.75) is 6.42 Å². The van der Waals surface area contributed by atoms with Gasteiger partial charge < -0.3 is 14.7 Å². The number of hydrogen-bond acceptors (Lipinski definition) is 5. The van der Waals surface area contributed by atoms with Crippen LogP contribution in [0, 0.1) is 5.41 Å². The van der Waals surface area contributed by atoms with Gasteiger partial charge in [0.05, 0.1) is 18.0 Å². The van der Waals surface area contributed by atoms with Crippen LogP contribution in [0.1, 0.15) is 16.8 Å². The summed E-state index contributed by atoms with van der Waals surface area (Å²) in [4.78, 5) is 25.7. The maximum absolute atomic E-state index is 12.6. The zero-order valence-electron chi connectivity index (χ0n) is 12.0. The number of aliphatic carboxylic acids is 1. The van der Waals surface area contributed by atoms with Gasteiger partial charge in [0, 0.05) is 25.8 Å². The van der Waals surface area contributed by atoms with Crippen LogP contribution in [-0.4, -0.2) is 48.7 Å². The highest BCUT2D eigenvalue weighted by atomic mass is 32.1. The molecule has 0 aromatic heterocycles. The maximum atomic E-state index is 12.6. The van der Waals surface area contributed by atoms with E-state index in [0.717, 1.165) is 17.0 Å². The molecule has 3 rings (SSSR count). The number of likely N-dealkylation sites (tertiary alicyclic amines) is 1. The molecule has 2 aliphatic heterocycles. The minimum Gasteiger partial charge on any atom is -0.481 e. The molecule has 0 spiro atoms. The SMILES string of the molecule is COCC1(C(=O)O)CCN(C(=O)c2ccc3c(c2)N=S=N3)C1. The fraction of sp³-hybridized carbons (Fsp3) is 0.429. The summed E-state index contributed by atoms with van der Waals surface area (Å²) in [5, 5.41) is 9.44. The molecular weight excluding hydrogens is 306 g/mol. The monoisotopic (exact) mass is 321 g/mol. The fourth-order valence-corrected chi connectivity index (χ4v) is 3.29. The van der Waals surface area contributed by atoms with Gasteiger partial charge in [0.25, 0.3) is 5.91 Å². The number of carboxylic acids is 1. The van der Waals surface area contributed by atoms with Gasteiger partial charge in [-0.1, -0.05) is 0 Å². The van der Waals surface area contributed by atoms with E-state index in [1.165, 1.54) is 7.11 Å². The number of carboxylic acid groups (broad SMARTS) is 1. The van der Waals surface area contributed by atoms with E-state index in [-0.39, 0.29) is 19.1 Å². The van der Waals surface area contributed by atoms with Crippen molar-refractivity contribution in [1.29, 1.82) is 0 Å². The third-order valence-corrected chi connectivity index (χ3v) is 4.57. The van der Waals surface area contributed by atoms with Crippen LogP contribution in [0.2, 0.25) is 0 Å². The van der Waals surface area contributed by atoms with Crippen LogP contribution in [0.4, 0.5) is 11.4 Å². The molecule has 0 bridgehead atoms. The van der Waals surface area contributed by atoms with Crippen LogP contribution in [0.25, 0.3) is 0 Å². The third-order valence-electron chi connectivity index (χ3n) is 4.02. The van der Waals surface area contributed by atoms with Crippen LogP contribution in [0.15, 0.2) is 26.9 Å². The largest absolute Gasteiger partial charge is 0.481 e. The topological polar surface area (TPSA) is 91.6 Å². The summed E-state index contributed by atoms with van der Waals surface area (Å²) in [6.45, 7) is 0.658. The summed E-state index contributed by atoms with van der Waals surface area (Å²) in [5.74, 6) is -1.11. The summed E-state index contributed by atoms with van der Waals surface area (Å²) in [6, 6.07) is 5.14. The van der Waals surface area contributed by atoms with Gasteiger partial charge in [-0.3, -0.25) is 9.59 Å². The molecule has 0 radical (unpaired) electrons. The lowest BCUT2D eigenvalue weighted by Gasteiger charge is -2.23. The second kappa shape index (κ2) is 5.62. The Balaban J connectivity index is 1.79. The number of carbonyl (C=O) groups is 2. The van der Waals surface area contributed by atoms with Gasteiger partial charge >= 0.3 is 5.97 Å². The standard InChI is InChI=1S/C14H15N3O4S/c1-21-8-14(13(19)20)4-5-17(7-14)12(18)9-2-3-10-11(6-9)16-22-15-10/h2-3,6H,4-5,7-8H2,1H3,(H,19,20). The molecule has 1 unspecified atom stereocenters. The van der Waals surface area contributed by atoms with Gasteiger partial charge in [0.2, 0.25) is 0 Å². The Kier molecular flexibility index (Phi) is 3.79. The molecule has 8 heteroatoms. The average molecular weight is 321 g/mol. The summed E-state index contributed by atoms with van der Waals surface area (Å²) in [5.41, 5.74) is 0.911. The second-order valence-corrected chi connectivity index (χ2v) is 5.99. The minimum absolute atomic E-state index is 0.0984. The van der Waals surface area contributed by atoms with Gasteiger partial charge in [-0.05, 0) is 24.6 Å². The lowest BCUT2D eigenvalue weighted by molar-refractivity contribution is -0.151. The van der Waals surface area contributed by atoms with Gasteiger partial charge in [-0.2, -0.15) is 8.73 Å². The summed E-state index contributed by atoms with van der Waals surface area (Å²) < 4.78 is 13.3. The lowest BCUT2D eigenvalue weighted by atomic mass is 9.88. The van der Waals surface area contributed by atoms with E-state index in [0.29, 0.717) is 24.2 Å². The van der Waals surface area contributed by atoms with Crippen LogP contribution >= 0.6 is 0 Å². The second-order valence-electron chi connectivity index (χ2n) is 5.46. The Morgan fingerprint density at radius 1 is 1.41 bits per heavy atom. The van der Waals surface area contributed by atoms with Crippen molar-refractivity contribution in [3.8, 4) is 0 Å². The fourth-order valence-electron chi connectivity index (χ4n) is 2.77. The van der Waals surface area contributed by atoms with E-state index in [2.05, 4.69) is 8.73 Å². The number of amides is 1. The molecule has 22 heavy (non-hydrogen) atoms. The number of rotatable bonds is 4. The Labute approximate surface area is 130 Å². The number of ether oxygens (including phenoxy) is 1. The van der Waals surface area contributed by atoms with Crippen molar-refractivity contribution in [2.24, 2.45) is 14.1 Å². The first kappa shape index (κ1) is 14.9. The summed E-state index contributed by atoms with van der Waals surface area (Å²) in [7, 11) is 1.47. The van der Waals surface area contributed by atoms with Crippen molar-refractivity contribution >= 4 is 34.6 Å². The number of carbonyl (C=O) groups excluding carboxylic acids is 1. The van der Waals surface area contributed by atoms with Crippen molar-refractivity contribution in [3.05, 3.63) is 23.8 Å². The normalized spacial score (nSPS) is 22.5. The third kappa shape index (κ3) is 2.44. The molecule has 0 saturated carbocycles. The zero-order chi connectivity index (χ0) is 15.7. The number of hydrogen-bond donors (Lipinski definition) is 1. The highest BCUT2D eigenvalue weighted by Gasteiger charge is 2.46. The van der Waals surface area contributed by atoms with Crippen molar-refractivity contribution < 1.29 is 19.4 Å². The molecule has 2 heterocycles. The molecule has 1 atom stereocenters. The van der Waals surface area contributed by atoms with Crippen LogP contribution in [0.5, 0.6) is 0 Å². The molecule has 0 aliphatic carbocycles. The van der Waals surface area contributed by atoms with E-state index in [1.54, 1.807) is 23.1 Å². The number of benzene rings is 1. The minimum atomic E-state index is -1.02. The molecule has 1 saturated heterocycles. The summed E-state index contributed by atoms with van der Waals surface area (Å²) >= 11 is 1.10. The molecule has 116 valence electrons. The highest BCUT2D eigenvalue weighted by molar-refractivity contribution is 7.58. The Morgan fingerprint density at radius 2 is 2.18 bits per heavy atom. The molecule has 1 fully saturated rings. The first-order chi connectivity index (χ1) is 10.6. The van der Waals surface area contributed by atoms with Crippen LogP contribution < -0.4 is 0 Å². The van der Waals surface area contributed by atoms with E-state index in [1.807, 2.05) is 0 Å². The smallest absolute Gasteiger partial charge is 0.313 e. The van der Waals surface area contributed by atoms with Crippen molar-refractivity contribution in [1.82, 2.24) is 4.90 Å². The maximum Gasteiger partial charge on any atom is 0.313 e. The Bertz CT molecular complexity index is 714. The van der Waals surface area contributed by atoms with E-state index < -0.39 is 11.4 Å². The molecular formula is C14H15N3O4S. The van der Waals surface area contributed by atoms with E-state index in [4.69, 9.17) is 4.74 Å². The molecule has 1 N–H and O–H groups in total. The first-order valence-corrected chi connectivity index (χ1v) is 7.53. The van der Waals surface area contributed by atoms with Gasteiger partial charge in [0.15, 0.2) is 0 Å². The molecule has 7 nitrogen and oxygen atoms in total. The van der Waals surface area contributed by atoms with Crippen molar-refractivity contribution in [2.75, 3.05) is 26.8 Å². The summed E-state index contributed by atoms with van der Waals surface area (Å²) in [6.07, 6.45) is 0.391. The predicted octanol–water partition coefficient (Wildman–Crippen LogP) is 1.98. The van der Waals surface area contributed by atoms with E-state index >= 15 is 0 Å². The number of methoxy groups -OCH3 is 1. The molecule has 1 aromatic carbocycles. The van der Waals surface area contributed by atoms with E-state index in [9.17, 15) is 14.7 Å². The lowest BCUT2D eigenvalue weighted by Crippen LogP contribution is -2.40. The zero-order valence-corrected chi connectivity index (χ0v) is 12.8. The van der Waals surface area contributed by atoms with Crippen molar-refractivity contribution in [3.63, 3.8) is 0 Å². The van der Waals surface area contributed by atoms with Gasteiger partial charge in [0.1, 0.15) is 16.8 Å². The number of nitrogens with zero attached hydrogens (tertiary/aromatic N) is 3. The van der Waals surface area contributed by atoms with Crippen LogP contribution in [0.3, 0.4) is 0 Å². The van der Waals surface area contributed by atoms with Crippen LogP contribution in [-0.2, 0) is 20.9 Å². The van der Waals surface area contributed by atoms with Gasteiger partial charge in [-0.25, -0.2) is 0 Å². The Morgan fingerprint density at radius 3 is 2.91 bits per heavy atom. The first-order valence-electron chi connectivity index (χ1n) is 6.80. The van der Waals surface area contributed by atoms with Gasteiger partial charge in [-0.15, -0.1) is 0 Å². The average Bonchev–Trinajstić information content (AvgIpc) is 3.13. The predicted molar refractivity (Wildman–Crippen MR) is 80.4 cm³/mol. The quantitative estimate of drug-likeness (QED) is 0.932. The number of fused-ring (bicyclic) bond motifs is 1. The molecule has 2 aliphatic rings. The molecule has 1 aromatic rings. The Hall–Kier alpha value is -2.06. The highest BCUT2D eigenvalue weighted by Crippen LogP contribution is 2.35. The molecule has 1 amide bonds.